The second kappa shape index (κ2) is 7.86. The molecule has 0 rings (SSSR count). The Balaban J connectivity index is 4.00. The summed E-state index contributed by atoms with van der Waals surface area (Å²) in [5.74, 6) is -1.12. The van der Waals surface area contributed by atoms with Crippen molar-refractivity contribution in [2.75, 3.05) is 13.2 Å². The molecule has 0 amide bonds. The Morgan fingerprint density at radius 1 is 1.06 bits per heavy atom. The molecule has 0 aliphatic carbocycles. The maximum atomic E-state index is 11.1. The normalized spacial score (nSPS) is 9.88. The predicted octanol–water partition coefficient (Wildman–Crippen LogP) is 1.76. The van der Waals surface area contributed by atoms with E-state index in [0.29, 0.717) is 0 Å². The Hall–Kier alpha value is -1.33. The van der Waals surface area contributed by atoms with Crippen molar-refractivity contribution in [1.29, 1.82) is 0 Å². The SMILES string of the molecule is C=C(C)C(=O)OCC(COC(=O)C(=C)C)OCl. The van der Waals surface area contributed by atoms with Crippen LogP contribution in [-0.2, 0) is 23.4 Å². The van der Waals surface area contributed by atoms with Crippen molar-refractivity contribution < 1.29 is 23.4 Å². The molecule has 0 heterocycles. The van der Waals surface area contributed by atoms with Gasteiger partial charge in [-0.1, -0.05) is 13.2 Å². The number of hydrogen-bond donors (Lipinski definition) is 0. The minimum Gasteiger partial charge on any atom is -0.459 e. The first-order valence-electron chi connectivity index (χ1n) is 4.81. The zero-order chi connectivity index (χ0) is 13.4. The van der Waals surface area contributed by atoms with Crippen LogP contribution in [-0.4, -0.2) is 31.3 Å². The van der Waals surface area contributed by atoms with E-state index in [1.54, 1.807) is 0 Å². The molecule has 17 heavy (non-hydrogen) atoms. The maximum absolute atomic E-state index is 11.1. The molecule has 6 heteroatoms. The summed E-state index contributed by atoms with van der Waals surface area (Å²) >= 11 is 5.17. The third-order valence-corrected chi connectivity index (χ3v) is 1.88. The van der Waals surface area contributed by atoms with Crippen molar-refractivity contribution in [2.45, 2.75) is 20.0 Å². The fourth-order valence-electron chi connectivity index (χ4n) is 0.683. The summed E-state index contributed by atoms with van der Waals surface area (Å²) in [6.45, 7) is 9.60. The number of halogens is 1. The zero-order valence-corrected chi connectivity index (χ0v) is 10.6. The zero-order valence-electron chi connectivity index (χ0n) is 9.82. The summed E-state index contributed by atoms with van der Waals surface area (Å²) in [5.41, 5.74) is 0.523. The van der Waals surface area contributed by atoms with E-state index in [2.05, 4.69) is 17.4 Å². The Kier molecular flexibility index (Phi) is 7.25. The van der Waals surface area contributed by atoms with E-state index < -0.39 is 18.0 Å². The molecule has 0 atom stereocenters. The van der Waals surface area contributed by atoms with Gasteiger partial charge in [-0.2, -0.15) is 0 Å². The summed E-state index contributed by atoms with van der Waals surface area (Å²) < 4.78 is 14.0. The van der Waals surface area contributed by atoms with Gasteiger partial charge in [0.2, 0.25) is 0 Å². The van der Waals surface area contributed by atoms with Crippen molar-refractivity contribution >= 4 is 23.8 Å². The van der Waals surface area contributed by atoms with Crippen LogP contribution in [0, 0.1) is 0 Å². The van der Waals surface area contributed by atoms with Crippen molar-refractivity contribution in [3.05, 3.63) is 24.3 Å². The molecule has 0 aliphatic rings. The van der Waals surface area contributed by atoms with Crippen LogP contribution >= 0.6 is 11.9 Å². The molecule has 0 spiro atoms. The minimum absolute atomic E-state index is 0.126. The number of ether oxygens (including phenoxy) is 2. The Morgan fingerprint density at radius 2 is 1.41 bits per heavy atom. The molecule has 96 valence electrons. The Bertz CT molecular complexity index is 294. The molecule has 0 unspecified atom stereocenters. The van der Waals surface area contributed by atoms with Gasteiger partial charge < -0.3 is 9.47 Å². The van der Waals surface area contributed by atoms with Crippen LogP contribution in [0.25, 0.3) is 0 Å². The summed E-state index contributed by atoms with van der Waals surface area (Å²) in [6, 6.07) is 0. The van der Waals surface area contributed by atoms with Crippen LogP contribution in [0.5, 0.6) is 0 Å². The first-order chi connectivity index (χ1) is 7.88. The Morgan fingerprint density at radius 3 is 1.65 bits per heavy atom. The fourth-order valence-corrected chi connectivity index (χ4v) is 0.786. The third kappa shape index (κ3) is 6.76. The van der Waals surface area contributed by atoms with E-state index in [-0.39, 0.29) is 24.4 Å². The second-order valence-electron chi connectivity index (χ2n) is 3.47. The molecule has 0 radical (unpaired) electrons. The summed E-state index contributed by atoms with van der Waals surface area (Å²) in [7, 11) is 0. The summed E-state index contributed by atoms with van der Waals surface area (Å²) in [6.07, 6.45) is -0.733. The molecular weight excluding hydrogens is 248 g/mol. The molecule has 0 aliphatic heterocycles. The number of rotatable bonds is 7. The second-order valence-corrected chi connectivity index (χ2v) is 3.65. The van der Waals surface area contributed by atoms with Gasteiger partial charge in [0.1, 0.15) is 19.3 Å². The lowest BCUT2D eigenvalue weighted by Crippen LogP contribution is -2.26. The standard InChI is InChI=1S/C11H15ClO5/c1-7(2)10(13)15-5-9(17-12)6-16-11(14)8(3)4/h9H,1,3,5-6H2,2,4H3. The number of carbonyl (C=O) groups excluding carboxylic acids is 2. The van der Waals surface area contributed by atoms with Gasteiger partial charge in [-0.3, -0.25) is 4.29 Å². The van der Waals surface area contributed by atoms with Gasteiger partial charge in [-0.05, 0) is 13.8 Å². The highest BCUT2D eigenvalue weighted by Gasteiger charge is 2.15. The van der Waals surface area contributed by atoms with Crippen molar-refractivity contribution in [3.63, 3.8) is 0 Å². The van der Waals surface area contributed by atoms with Gasteiger partial charge in [-0.25, -0.2) is 9.59 Å². The first-order valence-corrected chi connectivity index (χ1v) is 5.12. The molecule has 0 saturated carbocycles. The topological polar surface area (TPSA) is 61.8 Å². The quantitative estimate of drug-likeness (QED) is 0.517. The largest absolute Gasteiger partial charge is 0.459 e. The van der Waals surface area contributed by atoms with Gasteiger partial charge in [-0.15, -0.1) is 0 Å². The molecule has 0 aromatic carbocycles. The first kappa shape index (κ1) is 15.7. The van der Waals surface area contributed by atoms with E-state index in [1.165, 1.54) is 13.8 Å². The van der Waals surface area contributed by atoms with E-state index in [4.69, 9.17) is 21.3 Å². The molecule has 5 nitrogen and oxygen atoms in total. The highest BCUT2D eigenvalue weighted by Crippen LogP contribution is 2.02. The monoisotopic (exact) mass is 262 g/mol. The molecule has 0 N–H and O–H groups in total. The lowest BCUT2D eigenvalue weighted by atomic mass is 10.3. The van der Waals surface area contributed by atoms with E-state index in [9.17, 15) is 9.59 Å². The number of carbonyl (C=O) groups is 2. The van der Waals surface area contributed by atoms with Crippen molar-refractivity contribution in [2.24, 2.45) is 0 Å². The van der Waals surface area contributed by atoms with Gasteiger partial charge in [0.05, 0.1) is 11.9 Å². The molecule has 0 fully saturated rings. The average molecular weight is 263 g/mol. The molecule has 0 aromatic rings. The van der Waals surface area contributed by atoms with Crippen molar-refractivity contribution in [3.8, 4) is 0 Å². The number of esters is 2. The molecule has 0 aromatic heterocycles. The third-order valence-electron chi connectivity index (χ3n) is 1.62. The van der Waals surface area contributed by atoms with Crippen LogP contribution in [0.4, 0.5) is 0 Å². The summed E-state index contributed by atoms with van der Waals surface area (Å²) in [4.78, 5) is 22.1. The maximum Gasteiger partial charge on any atom is 0.333 e. The van der Waals surface area contributed by atoms with Gasteiger partial charge in [0.25, 0.3) is 0 Å². The number of hydrogen-bond acceptors (Lipinski definition) is 5. The van der Waals surface area contributed by atoms with Crippen molar-refractivity contribution in [1.82, 2.24) is 0 Å². The molecule has 0 bridgehead atoms. The lowest BCUT2D eigenvalue weighted by molar-refractivity contribution is -0.146. The van der Waals surface area contributed by atoms with E-state index in [1.807, 2.05) is 0 Å². The Labute approximate surface area is 105 Å². The lowest BCUT2D eigenvalue weighted by Gasteiger charge is -2.13. The minimum atomic E-state index is -0.733. The summed E-state index contributed by atoms with van der Waals surface area (Å²) in [5, 5.41) is 0. The van der Waals surface area contributed by atoms with Crippen LogP contribution in [0.3, 0.4) is 0 Å². The van der Waals surface area contributed by atoms with Crippen LogP contribution < -0.4 is 0 Å². The van der Waals surface area contributed by atoms with Crippen LogP contribution in [0.2, 0.25) is 0 Å². The average Bonchev–Trinajstić information content (AvgIpc) is 2.28. The van der Waals surface area contributed by atoms with E-state index in [0.717, 1.165) is 0 Å². The van der Waals surface area contributed by atoms with E-state index >= 15 is 0 Å². The molecule has 0 saturated heterocycles. The van der Waals surface area contributed by atoms with Crippen LogP contribution in [0.15, 0.2) is 24.3 Å². The van der Waals surface area contributed by atoms with Crippen LogP contribution in [0.1, 0.15) is 13.8 Å². The van der Waals surface area contributed by atoms with Gasteiger partial charge in [0, 0.05) is 11.1 Å². The highest BCUT2D eigenvalue weighted by atomic mass is 35.5. The fraction of sp³-hybridized carbons (Fsp3) is 0.455. The van der Waals surface area contributed by atoms with Gasteiger partial charge in [0.15, 0.2) is 0 Å². The predicted molar refractivity (Wildman–Crippen MR) is 62.3 cm³/mol. The smallest absolute Gasteiger partial charge is 0.333 e. The molecular formula is C11H15ClO5. The van der Waals surface area contributed by atoms with Gasteiger partial charge >= 0.3 is 11.9 Å². The highest BCUT2D eigenvalue weighted by molar-refractivity contribution is 6.07.